The first kappa shape index (κ1) is 18.0. The molecule has 2 unspecified atom stereocenters. The van der Waals surface area contributed by atoms with E-state index < -0.39 is 27.9 Å². The largest absolute Gasteiger partial charge is 0.480 e. The molecular formula is C10H20N2O5S2. The lowest BCUT2D eigenvalue weighted by Gasteiger charge is -2.17. The number of aliphatic carboxylic acids is 1. The molecule has 2 atom stereocenters. The maximum Gasteiger partial charge on any atom is 0.326 e. The van der Waals surface area contributed by atoms with Crippen LogP contribution in [0.4, 0.5) is 4.79 Å². The second kappa shape index (κ2) is 8.26. The summed E-state index contributed by atoms with van der Waals surface area (Å²) in [5, 5.41) is 13.7. The van der Waals surface area contributed by atoms with Crippen molar-refractivity contribution in [1.29, 1.82) is 0 Å². The third-order valence-electron chi connectivity index (χ3n) is 2.17. The van der Waals surface area contributed by atoms with Crippen LogP contribution in [0.2, 0.25) is 0 Å². The van der Waals surface area contributed by atoms with E-state index in [0.717, 1.165) is 6.26 Å². The summed E-state index contributed by atoms with van der Waals surface area (Å²) in [6, 6.07) is -1.92. The van der Waals surface area contributed by atoms with Gasteiger partial charge in [0.15, 0.2) is 0 Å². The Kier molecular flexibility index (Phi) is 7.84. The quantitative estimate of drug-likeness (QED) is 0.578. The number of rotatable bonds is 8. The van der Waals surface area contributed by atoms with Crippen molar-refractivity contribution >= 4 is 33.6 Å². The van der Waals surface area contributed by atoms with E-state index in [2.05, 4.69) is 10.6 Å². The zero-order valence-electron chi connectivity index (χ0n) is 11.2. The summed E-state index contributed by atoms with van der Waals surface area (Å²) in [5.41, 5.74) is 0. The lowest BCUT2D eigenvalue weighted by molar-refractivity contribution is -0.139. The van der Waals surface area contributed by atoms with Crippen LogP contribution in [0.1, 0.15) is 13.3 Å². The molecule has 3 N–H and O–H groups in total. The van der Waals surface area contributed by atoms with Gasteiger partial charge in [0, 0.05) is 18.1 Å². The van der Waals surface area contributed by atoms with Gasteiger partial charge in [-0.15, -0.1) is 0 Å². The molecule has 0 aliphatic rings. The molecule has 112 valence electrons. The predicted molar refractivity (Wildman–Crippen MR) is 75.3 cm³/mol. The molecule has 0 spiro atoms. The molecule has 19 heavy (non-hydrogen) atoms. The minimum atomic E-state index is -3.26. The number of hydrogen-bond donors (Lipinski definition) is 3. The van der Waals surface area contributed by atoms with Crippen LogP contribution in [0.3, 0.4) is 0 Å². The molecule has 0 saturated carbocycles. The van der Waals surface area contributed by atoms with Crippen LogP contribution in [0.15, 0.2) is 0 Å². The smallest absolute Gasteiger partial charge is 0.326 e. The number of hydrogen-bond acceptors (Lipinski definition) is 5. The number of nitrogens with one attached hydrogen (secondary N) is 2. The van der Waals surface area contributed by atoms with E-state index in [1.54, 1.807) is 18.7 Å². The molecule has 2 amide bonds. The van der Waals surface area contributed by atoms with Crippen molar-refractivity contribution in [2.45, 2.75) is 25.4 Å². The summed E-state index contributed by atoms with van der Waals surface area (Å²) in [6.07, 6.45) is 2.76. The molecule has 0 aliphatic carbocycles. The molecule has 0 radical (unpaired) electrons. The fourth-order valence-electron chi connectivity index (χ4n) is 1.30. The third kappa shape index (κ3) is 9.60. The number of carbonyl (C=O) groups excluding carboxylic acids is 1. The van der Waals surface area contributed by atoms with E-state index in [1.165, 1.54) is 0 Å². The molecule has 7 nitrogen and oxygen atoms in total. The minimum absolute atomic E-state index is 0.0978. The first-order valence-corrected chi connectivity index (χ1v) is 9.07. The number of thioether (sulfide) groups is 1. The van der Waals surface area contributed by atoms with Crippen LogP contribution < -0.4 is 10.6 Å². The van der Waals surface area contributed by atoms with Crippen LogP contribution >= 0.6 is 11.8 Å². The number of sulfone groups is 1. The number of carboxylic acid groups (broad SMARTS) is 1. The normalized spacial score (nSPS) is 14.5. The second-order valence-corrected chi connectivity index (χ2v) is 7.45. The molecular weight excluding hydrogens is 292 g/mol. The molecule has 0 heterocycles. The number of urea groups is 1. The Morgan fingerprint density at radius 3 is 2.32 bits per heavy atom. The van der Waals surface area contributed by atoms with Gasteiger partial charge in [0.05, 0.1) is 5.75 Å². The van der Waals surface area contributed by atoms with Crippen LogP contribution in [-0.4, -0.2) is 61.6 Å². The Labute approximate surface area is 117 Å². The highest BCUT2D eigenvalue weighted by molar-refractivity contribution is 7.98. The highest BCUT2D eigenvalue weighted by Gasteiger charge is 2.22. The minimum Gasteiger partial charge on any atom is -0.480 e. The summed E-state index contributed by atoms with van der Waals surface area (Å²) < 4.78 is 22.0. The van der Waals surface area contributed by atoms with E-state index >= 15 is 0 Å². The Bertz CT molecular complexity index is 410. The first-order valence-electron chi connectivity index (χ1n) is 5.62. The Morgan fingerprint density at radius 1 is 1.32 bits per heavy atom. The van der Waals surface area contributed by atoms with Gasteiger partial charge in [-0.25, -0.2) is 18.0 Å². The third-order valence-corrected chi connectivity index (χ3v) is 3.99. The van der Waals surface area contributed by atoms with Crippen molar-refractivity contribution in [3.8, 4) is 0 Å². The number of carbonyl (C=O) groups is 2. The van der Waals surface area contributed by atoms with Crippen LogP contribution in [0.5, 0.6) is 0 Å². The monoisotopic (exact) mass is 312 g/mol. The van der Waals surface area contributed by atoms with Crippen molar-refractivity contribution in [3.05, 3.63) is 0 Å². The van der Waals surface area contributed by atoms with E-state index in [9.17, 15) is 18.0 Å². The van der Waals surface area contributed by atoms with Crippen LogP contribution in [0, 0.1) is 0 Å². The van der Waals surface area contributed by atoms with Crippen LogP contribution in [0.25, 0.3) is 0 Å². The van der Waals surface area contributed by atoms with E-state index in [4.69, 9.17) is 5.11 Å². The van der Waals surface area contributed by atoms with Crippen molar-refractivity contribution in [2.24, 2.45) is 0 Å². The topological polar surface area (TPSA) is 113 Å². The average molecular weight is 312 g/mol. The summed E-state index contributed by atoms with van der Waals surface area (Å²) in [7, 11) is -3.26. The molecule has 0 rings (SSSR count). The van der Waals surface area contributed by atoms with Crippen molar-refractivity contribution in [1.82, 2.24) is 10.6 Å². The molecule has 0 aromatic carbocycles. The average Bonchev–Trinajstić information content (AvgIpc) is 2.22. The molecule has 0 aromatic rings. The van der Waals surface area contributed by atoms with Gasteiger partial charge in [0.1, 0.15) is 15.9 Å². The highest BCUT2D eigenvalue weighted by Crippen LogP contribution is 1.99. The zero-order valence-corrected chi connectivity index (χ0v) is 12.8. The molecule has 0 aliphatic heterocycles. The van der Waals surface area contributed by atoms with Crippen molar-refractivity contribution < 1.29 is 23.1 Å². The number of carboxylic acids is 1. The highest BCUT2D eigenvalue weighted by atomic mass is 32.2. The van der Waals surface area contributed by atoms with Gasteiger partial charge in [-0.1, -0.05) is 0 Å². The standard InChI is InChI=1S/C10H20N2O5S2/c1-7(6-18-2)11-10(15)12-8(9(13)14)4-5-19(3,16)17/h7-8H,4-6H2,1-3H3,(H,13,14)(H2,11,12,15). The Hall–Kier alpha value is -0.960. The van der Waals surface area contributed by atoms with Gasteiger partial charge < -0.3 is 15.7 Å². The Morgan fingerprint density at radius 2 is 1.89 bits per heavy atom. The number of amides is 2. The second-order valence-electron chi connectivity index (χ2n) is 4.28. The molecule has 0 saturated heterocycles. The lowest BCUT2D eigenvalue weighted by Crippen LogP contribution is -2.49. The van der Waals surface area contributed by atoms with Gasteiger partial charge in [-0.3, -0.25) is 0 Å². The maximum absolute atomic E-state index is 11.5. The van der Waals surface area contributed by atoms with Crippen molar-refractivity contribution in [2.75, 3.05) is 24.0 Å². The summed E-state index contributed by atoms with van der Waals surface area (Å²) in [4.78, 5) is 22.4. The fourth-order valence-corrected chi connectivity index (χ4v) is 2.55. The molecule has 9 heteroatoms. The van der Waals surface area contributed by atoms with Gasteiger partial charge >= 0.3 is 12.0 Å². The molecule has 0 fully saturated rings. The maximum atomic E-state index is 11.5. The van der Waals surface area contributed by atoms with Gasteiger partial charge in [-0.2, -0.15) is 11.8 Å². The summed E-state index contributed by atoms with van der Waals surface area (Å²) in [5.74, 6) is -0.838. The molecule has 0 aromatic heterocycles. The predicted octanol–water partition coefficient (Wildman–Crippen LogP) is -0.0750. The lowest BCUT2D eigenvalue weighted by atomic mass is 10.2. The molecule has 0 bridgehead atoms. The first-order chi connectivity index (χ1) is 8.65. The van der Waals surface area contributed by atoms with E-state index in [-0.39, 0.29) is 18.2 Å². The van der Waals surface area contributed by atoms with Crippen molar-refractivity contribution in [3.63, 3.8) is 0 Å². The van der Waals surface area contributed by atoms with Gasteiger partial charge in [-0.05, 0) is 19.6 Å². The van der Waals surface area contributed by atoms with Gasteiger partial charge in [0.25, 0.3) is 0 Å². The fraction of sp³-hybridized carbons (Fsp3) is 0.800. The van der Waals surface area contributed by atoms with Gasteiger partial charge in [0.2, 0.25) is 0 Å². The van der Waals surface area contributed by atoms with E-state index in [0.29, 0.717) is 5.75 Å². The van der Waals surface area contributed by atoms with Crippen LogP contribution in [-0.2, 0) is 14.6 Å². The summed E-state index contributed by atoms with van der Waals surface area (Å²) >= 11 is 1.55. The SMILES string of the molecule is CSCC(C)NC(=O)NC(CCS(C)(=O)=O)C(=O)O. The summed E-state index contributed by atoms with van der Waals surface area (Å²) in [6.45, 7) is 1.79. The zero-order chi connectivity index (χ0) is 15.1. The van der Waals surface area contributed by atoms with E-state index in [1.807, 2.05) is 6.26 Å². The Balaban J connectivity index is 4.35.